The summed E-state index contributed by atoms with van der Waals surface area (Å²) in [6, 6.07) is 7.04. The third kappa shape index (κ3) is 9.08. The SMILES string of the molecule is CCNC(=NCCC(OCC)C(C)C)NCCNC(=O)c1ccc(OC)cc1. The van der Waals surface area contributed by atoms with Gasteiger partial charge in [0.2, 0.25) is 0 Å². The van der Waals surface area contributed by atoms with Crippen molar-refractivity contribution in [3.63, 3.8) is 0 Å². The van der Waals surface area contributed by atoms with Gasteiger partial charge < -0.3 is 25.4 Å². The van der Waals surface area contributed by atoms with Gasteiger partial charge in [0.1, 0.15) is 5.75 Å². The van der Waals surface area contributed by atoms with E-state index in [0.29, 0.717) is 31.1 Å². The first-order valence-electron chi connectivity index (χ1n) is 10.1. The molecule has 0 radical (unpaired) electrons. The number of hydrogen-bond acceptors (Lipinski definition) is 4. The molecule has 0 spiro atoms. The van der Waals surface area contributed by atoms with Crippen LogP contribution in [0.15, 0.2) is 29.3 Å². The molecule has 0 aliphatic heterocycles. The number of hydrogen-bond donors (Lipinski definition) is 3. The minimum absolute atomic E-state index is 0.108. The molecule has 158 valence electrons. The summed E-state index contributed by atoms with van der Waals surface area (Å²) in [6.07, 6.45) is 1.11. The third-order valence-corrected chi connectivity index (χ3v) is 4.21. The Morgan fingerprint density at radius 3 is 2.32 bits per heavy atom. The van der Waals surface area contributed by atoms with Crippen molar-refractivity contribution in [3.05, 3.63) is 29.8 Å². The second kappa shape index (κ2) is 13.8. The van der Waals surface area contributed by atoms with E-state index in [0.717, 1.165) is 31.3 Å². The highest BCUT2D eigenvalue weighted by Gasteiger charge is 2.12. The van der Waals surface area contributed by atoms with Crippen molar-refractivity contribution in [3.8, 4) is 5.75 Å². The van der Waals surface area contributed by atoms with E-state index in [1.54, 1.807) is 31.4 Å². The molecule has 0 saturated heterocycles. The topological polar surface area (TPSA) is 84.0 Å². The van der Waals surface area contributed by atoms with Gasteiger partial charge >= 0.3 is 0 Å². The van der Waals surface area contributed by atoms with Crippen LogP contribution in [0.1, 0.15) is 44.5 Å². The monoisotopic (exact) mass is 392 g/mol. The molecule has 0 saturated carbocycles. The van der Waals surface area contributed by atoms with Crippen LogP contribution in [0.5, 0.6) is 5.75 Å². The highest BCUT2D eigenvalue weighted by Crippen LogP contribution is 2.11. The molecule has 0 aliphatic carbocycles. The van der Waals surface area contributed by atoms with E-state index in [2.05, 4.69) is 34.8 Å². The molecule has 1 aromatic rings. The van der Waals surface area contributed by atoms with Gasteiger partial charge in [-0.2, -0.15) is 0 Å². The van der Waals surface area contributed by atoms with Crippen LogP contribution in [0.25, 0.3) is 0 Å². The van der Waals surface area contributed by atoms with Crippen LogP contribution < -0.4 is 20.7 Å². The molecule has 1 atom stereocenters. The van der Waals surface area contributed by atoms with Gasteiger partial charge in [0.05, 0.1) is 13.2 Å². The molecule has 28 heavy (non-hydrogen) atoms. The molecule has 3 N–H and O–H groups in total. The van der Waals surface area contributed by atoms with Gasteiger partial charge in [-0.3, -0.25) is 9.79 Å². The zero-order valence-corrected chi connectivity index (χ0v) is 17.9. The fraction of sp³-hybridized carbons (Fsp3) is 0.619. The van der Waals surface area contributed by atoms with Crippen molar-refractivity contribution >= 4 is 11.9 Å². The largest absolute Gasteiger partial charge is 0.497 e. The summed E-state index contributed by atoms with van der Waals surface area (Å²) < 4.78 is 10.9. The lowest BCUT2D eigenvalue weighted by molar-refractivity contribution is 0.0266. The Kier molecular flexibility index (Phi) is 11.7. The van der Waals surface area contributed by atoms with E-state index in [4.69, 9.17) is 9.47 Å². The molecule has 1 unspecified atom stereocenters. The predicted octanol–water partition coefficient (Wildman–Crippen LogP) is 2.43. The van der Waals surface area contributed by atoms with Crippen LogP contribution in [0.2, 0.25) is 0 Å². The van der Waals surface area contributed by atoms with E-state index < -0.39 is 0 Å². The summed E-state index contributed by atoms with van der Waals surface area (Å²) in [5.74, 6) is 1.84. The highest BCUT2D eigenvalue weighted by molar-refractivity contribution is 5.94. The Labute approximate surface area is 169 Å². The number of nitrogens with zero attached hydrogens (tertiary/aromatic N) is 1. The predicted molar refractivity (Wildman–Crippen MR) is 114 cm³/mol. The molecule has 0 heterocycles. The number of guanidine groups is 1. The quantitative estimate of drug-likeness (QED) is 0.289. The van der Waals surface area contributed by atoms with Crippen molar-refractivity contribution < 1.29 is 14.3 Å². The fourth-order valence-corrected chi connectivity index (χ4v) is 2.67. The van der Waals surface area contributed by atoms with Gasteiger partial charge in [-0.25, -0.2) is 0 Å². The zero-order chi connectivity index (χ0) is 20.8. The lowest BCUT2D eigenvalue weighted by Crippen LogP contribution is -2.41. The third-order valence-electron chi connectivity index (χ3n) is 4.21. The average Bonchev–Trinajstić information content (AvgIpc) is 2.70. The minimum Gasteiger partial charge on any atom is -0.497 e. The van der Waals surface area contributed by atoms with Crippen LogP contribution in [0, 0.1) is 5.92 Å². The van der Waals surface area contributed by atoms with Crippen molar-refractivity contribution in [2.45, 2.75) is 40.2 Å². The molecule has 1 rings (SSSR count). The van der Waals surface area contributed by atoms with Gasteiger partial charge in [-0.15, -0.1) is 0 Å². The summed E-state index contributed by atoms with van der Waals surface area (Å²) in [4.78, 5) is 16.7. The Bertz CT molecular complexity index is 588. The molecular formula is C21H36N4O3. The smallest absolute Gasteiger partial charge is 0.251 e. The summed E-state index contributed by atoms with van der Waals surface area (Å²) in [5.41, 5.74) is 0.608. The number of nitrogens with one attached hydrogen (secondary N) is 3. The summed E-state index contributed by atoms with van der Waals surface area (Å²) in [7, 11) is 1.60. The fourth-order valence-electron chi connectivity index (χ4n) is 2.67. The van der Waals surface area contributed by atoms with Crippen LogP contribution >= 0.6 is 0 Å². The van der Waals surface area contributed by atoms with E-state index >= 15 is 0 Å². The number of ether oxygens (including phenoxy) is 2. The second-order valence-corrected chi connectivity index (χ2v) is 6.70. The normalized spacial score (nSPS) is 12.6. The maximum Gasteiger partial charge on any atom is 0.251 e. The van der Waals surface area contributed by atoms with E-state index in [1.807, 2.05) is 13.8 Å². The molecule has 0 aliphatic rings. The Balaban J connectivity index is 2.39. The van der Waals surface area contributed by atoms with Crippen LogP contribution in [0.3, 0.4) is 0 Å². The number of rotatable bonds is 12. The standard InChI is InChI=1S/C21H36N4O3/c1-6-22-21(24-13-12-19(16(3)4)28-7-2)25-15-14-23-20(26)17-8-10-18(27-5)11-9-17/h8-11,16,19H,6-7,12-15H2,1-5H3,(H,23,26)(H2,22,24,25). The molecular weight excluding hydrogens is 356 g/mol. The van der Waals surface area contributed by atoms with Crippen LogP contribution in [-0.4, -0.2) is 57.9 Å². The van der Waals surface area contributed by atoms with Crippen LogP contribution in [-0.2, 0) is 4.74 Å². The van der Waals surface area contributed by atoms with Gasteiger partial charge in [-0.05, 0) is 50.5 Å². The maximum atomic E-state index is 12.1. The Morgan fingerprint density at radius 2 is 1.75 bits per heavy atom. The van der Waals surface area contributed by atoms with Crippen molar-refractivity contribution in [1.82, 2.24) is 16.0 Å². The lowest BCUT2D eigenvalue weighted by Gasteiger charge is -2.20. The number of benzene rings is 1. The molecule has 0 fully saturated rings. The lowest BCUT2D eigenvalue weighted by atomic mass is 10.0. The molecule has 1 aromatic carbocycles. The van der Waals surface area contributed by atoms with E-state index in [1.165, 1.54) is 0 Å². The van der Waals surface area contributed by atoms with Crippen molar-refractivity contribution in [1.29, 1.82) is 0 Å². The molecule has 1 amide bonds. The second-order valence-electron chi connectivity index (χ2n) is 6.70. The molecule has 0 bridgehead atoms. The number of methoxy groups -OCH3 is 1. The average molecular weight is 393 g/mol. The van der Waals surface area contributed by atoms with Crippen molar-refractivity contribution in [2.75, 3.05) is 39.9 Å². The van der Waals surface area contributed by atoms with Crippen molar-refractivity contribution in [2.24, 2.45) is 10.9 Å². The first kappa shape index (κ1) is 23.8. The van der Waals surface area contributed by atoms with E-state index in [-0.39, 0.29) is 12.0 Å². The first-order valence-corrected chi connectivity index (χ1v) is 10.1. The summed E-state index contributed by atoms with van der Waals surface area (Å²) >= 11 is 0. The van der Waals surface area contributed by atoms with Crippen LogP contribution in [0.4, 0.5) is 0 Å². The molecule has 7 heteroatoms. The number of aliphatic imine (C=N–C) groups is 1. The number of carbonyl (C=O) groups is 1. The first-order chi connectivity index (χ1) is 13.5. The molecule has 7 nitrogen and oxygen atoms in total. The van der Waals surface area contributed by atoms with Gasteiger partial charge in [0, 0.05) is 38.3 Å². The maximum absolute atomic E-state index is 12.1. The number of amides is 1. The molecule has 0 aromatic heterocycles. The van der Waals surface area contributed by atoms with Gasteiger partial charge in [-0.1, -0.05) is 13.8 Å². The Morgan fingerprint density at radius 1 is 1.07 bits per heavy atom. The summed E-state index contributed by atoms with van der Waals surface area (Å²) in [6.45, 7) is 11.7. The zero-order valence-electron chi connectivity index (χ0n) is 17.9. The highest BCUT2D eigenvalue weighted by atomic mass is 16.5. The summed E-state index contributed by atoms with van der Waals surface area (Å²) in [5, 5.41) is 9.36. The van der Waals surface area contributed by atoms with Gasteiger partial charge in [0.25, 0.3) is 5.91 Å². The number of carbonyl (C=O) groups excluding carboxylic acids is 1. The van der Waals surface area contributed by atoms with E-state index in [9.17, 15) is 4.79 Å². The Hall–Kier alpha value is -2.28. The minimum atomic E-state index is -0.108. The van der Waals surface area contributed by atoms with Gasteiger partial charge in [0.15, 0.2) is 5.96 Å².